The van der Waals surface area contributed by atoms with E-state index in [2.05, 4.69) is 17.3 Å². The van der Waals surface area contributed by atoms with E-state index in [1.54, 1.807) is 0 Å². The molecule has 3 N–H and O–H groups in total. The highest BCUT2D eigenvalue weighted by Gasteiger charge is 2.14. The molecule has 0 amide bonds. The number of hydrogen-bond donors (Lipinski definition) is 2. The molecule has 3 rings (SSSR count). The third kappa shape index (κ3) is 4.46. The van der Waals surface area contributed by atoms with Gasteiger partial charge in [-0.2, -0.15) is 0 Å². The second-order valence-corrected chi connectivity index (χ2v) is 5.07. The second-order valence-electron chi connectivity index (χ2n) is 5.07. The molecule has 4 nitrogen and oxygen atoms in total. The van der Waals surface area contributed by atoms with Gasteiger partial charge in [-0.05, 0) is 24.6 Å². The Kier molecular flexibility index (Phi) is 5.74. The van der Waals surface area contributed by atoms with E-state index in [1.807, 2.05) is 61.5 Å². The molecular weight excluding hydrogens is 274 g/mol. The molecule has 1 aliphatic heterocycles. The molecule has 0 saturated heterocycles. The van der Waals surface area contributed by atoms with E-state index in [0.29, 0.717) is 6.54 Å². The van der Waals surface area contributed by atoms with Crippen molar-refractivity contribution in [2.45, 2.75) is 19.9 Å². The predicted octanol–water partition coefficient (Wildman–Crippen LogP) is 3.40. The molecule has 1 aliphatic rings. The Balaban J connectivity index is 0.000000188. The normalized spacial score (nSPS) is 11.8. The Bertz CT molecular complexity index is 650. The number of nitrogens with zero attached hydrogens (tertiary/aromatic N) is 1. The second kappa shape index (κ2) is 8.00. The topological polar surface area (TPSA) is 59.6 Å². The average Bonchev–Trinajstić information content (AvgIpc) is 2.56. The van der Waals surface area contributed by atoms with Gasteiger partial charge in [0.15, 0.2) is 5.75 Å². The van der Waals surface area contributed by atoms with Crippen molar-refractivity contribution in [2.75, 3.05) is 0 Å². The fourth-order valence-corrected chi connectivity index (χ4v) is 2.02. The number of hydrogen-bond acceptors (Lipinski definition) is 4. The molecule has 2 aromatic rings. The lowest BCUT2D eigenvalue weighted by Gasteiger charge is -2.17. The lowest BCUT2D eigenvalue weighted by Crippen LogP contribution is -2.22. The summed E-state index contributed by atoms with van der Waals surface area (Å²) in [5.41, 5.74) is 12.2. The van der Waals surface area contributed by atoms with E-state index in [1.165, 1.54) is 5.56 Å². The van der Waals surface area contributed by atoms with Crippen LogP contribution in [0.5, 0.6) is 5.75 Å². The summed E-state index contributed by atoms with van der Waals surface area (Å²) in [6.07, 6.45) is 0.771. The van der Waals surface area contributed by atoms with Crippen LogP contribution in [0.25, 0.3) is 0 Å². The maximum Gasteiger partial charge on any atom is 0.166 e. The fraction of sp³-hybridized carbons (Fsp3) is 0.167. The van der Waals surface area contributed by atoms with Gasteiger partial charge in [-0.3, -0.25) is 0 Å². The van der Waals surface area contributed by atoms with Gasteiger partial charge in [0.1, 0.15) is 0 Å². The van der Waals surface area contributed by atoms with Gasteiger partial charge in [-0.1, -0.05) is 54.6 Å². The van der Waals surface area contributed by atoms with Crippen LogP contribution in [0, 0.1) is 0 Å². The largest absolute Gasteiger partial charge is 0.364 e. The summed E-state index contributed by atoms with van der Waals surface area (Å²) in [6.45, 7) is 6.50. The molecule has 4 heteroatoms. The molecule has 0 spiro atoms. The minimum Gasteiger partial charge on any atom is -0.364 e. The maximum atomic E-state index is 5.35. The summed E-state index contributed by atoms with van der Waals surface area (Å²) in [6, 6.07) is 17.8. The van der Waals surface area contributed by atoms with E-state index < -0.39 is 0 Å². The van der Waals surface area contributed by atoms with Crippen LogP contribution in [0.4, 0.5) is 0 Å². The first kappa shape index (κ1) is 15.8. The Morgan fingerprint density at radius 2 is 1.82 bits per heavy atom. The molecule has 0 radical (unpaired) electrons. The zero-order valence-corrected chi connectivity index (χ0v) is 12.8. The highest BCUT2D eigenvalue weighted by molar-refractivity contribution is 6.04. The van der Waals surface area contributed by atoms with Crippen molar-refractivity contribution < 1.29 is 4.84 Å². The van der Waals surface area contributed by atoms with Gasteiger partial charge in [0, 0.05) is 18.5 Å². The molecule has 114 valence electrons. The number of para-hydroxylation sites is 1. The molecule has 22 heavy (non-hydrogen) atoms. The van der Waals surface area contributed by atoms with Crippen molar-refractivity contribution >= 4 is 5.71 Å². The van der Waals surface area contributed by atoms with Gasteiger partial charge in [0.05, 0.1) is 5.71 Å². The van der Waals surface area contributed by atoms with Crippen LogP contribution in [0.15, 0.2) is 71.9 Å². The van der Waals surface area contributed by atoms with Crippen LogP contribution in [0.1, 0.15) is 24.5 Å². The molecular formula is C18H21N3O. The molecule has 1 heterocycles. The fourth-order valence-electron chi connectivity index (χ4n) is 2.02. The first-order chi connectivity index (χ1) is 10.7. The maximum absolute atomic E-state index is 5.35. The summed E-state index contributed by atoms with van der Waals surface area (Å²) in [5, 5.41) is 4.09. The average molecular weight is 295 g/mol. The highest BCUT2D eigenvalue weighted by Crippen LogP contribution is 2.23. The van der Waals surface area contributed by atoms with E-state index >= 15 is 0 Å². The van der Waals surface area contributed by atoms with Gasteiger partial charge >= 0.3 is 0 Å². The summed E-state index contributed by atoms with van der Waals surface area (Å²) in [7, 11) is 0. The van der Waals surface area contributed by atoms with Crippen molar-refractivity contribution in [1.29, 1.82) is 0 Å². The molecule has 0 fully saturated rings. The Hall–Kier alpha value is -2.59. The molecule has 2 aromatic carbocycles. The number of nitrogens with one attached hydrogen (secondary N) is 1. The van der Waals surface area contributed by atoms with Crippen molar-refractivity contribution in [1.82, 2.24) is 5.59 Å². The van der Waals surface area contributed by atoms with Crippen LogP contribution in [-0.2, 0) is 6.54 Å². The Morgan fingerprint density at radius 3 is 2.45 bits per heavy atom. The van der Waals surface area contributed by atoms with Crippen LogP contribution in [-0.4, -0.2) is 5.71 Å². The Labute approximate surface area is 131 Å². The van der Waals surface area contributed by atoms with Crippen molar-refractivity contribution in [2.24, 2.45) is 10.8 Å². The Morgan fingerprint density at radius 1 is 1.14 bits per heavy atom. The SMILES string of the molecule is C=C(C)CC1=NNOc2ccccc21.NCc1ccccc1. The molecule has 0 saturated carbocycles. The monoisotopic (exact) mass is 295 g/mol. The zero-order valence-electron chi connectivity index (χ0n) is 12.8. The van der Waals surface area contributed by atoms with Crippen LogP contribution >= 0.6 is 0 Å². The number of allylic oxidation sites excluding steroid dienone is 1. The van der Waals surface area contributed by atoms with Gasteiger partial charge in [0.2, 0.25) is 0 Å². The third-order valence-corrected chi connectivity index (χ3v) is 3.08. The van der Waals surface area contributed by atoms with Gasteiger partial charge in [0.25, 0.3) is 0 Å². The van der Waals surface area contributed by atoms with E-state index in [4.69, 9.17) is 10.6 Å². The van der Waals surface area contributed by atoms with Crippen LogP contribution < -0.4 is 16.2 Å². The first-order valence-corrected chi connectivity index (χ1v) is 7.17. The number of benzene rings is 2. The lowest BCUT2D eigenvalue weighted by atomic mass is 10.0. The highest BCUT2D eigenvalue weighted by atomic mass is 16.7. The quantitative estimate of drug-likeness (QED) is 0.853. The van der Waals surface area contributed by atoms with E-state index in [-0.39, 0.29) is 0 Å². The first-order valence-electron chi connectivity index (χ1n) is 7.17. The molecule has 0 atom stereocenters. The zero-order chi connectivity index (χ0) is 15.8. The third-order valence-electron chi connectivity index (χ3n) is 3.08. The van der Waals surface area contributed by atoms with E-state index in [0.717, 1.165) is 29.0 Å². The summed E-state index contributed by atoms with van der Waals surface area (Å²) in [5.74, 6) is 0.818. The lowest BCUT2D eigenvalue weighted by molar-refractivity contribution is 0.195. The summed E-state index contributed by atoms with van der Waals surface area (Å²) in [4.78, 5) is 5.17. The summed E-state index contributed by atoms with van der Waals surface area (Å²) >= 11 is 0. The molecule has 0 aliphatic carbocycles. The predicted molar refractivity (Wildman–Crippen MR) is 90.5 cm³/mol. The summed E-state index contributed by atoms with van der Waals surface area (Å²) < 4.78 is 0. The standard InChI is InChI=1S/C11H12N2O.C7H9N/c1-8(2)7-10-9-5-3-4-6-11(9)14-13-12-10;8-6-7-4-2-1-3-5-7/h3-6,13H,1,7H2,2H3;1-5H,6,8H2. The molecule has 0 unspecified atom stereocenters. The number of fused-ring (bicyclic) bond motifs is 1. The van der Waals surface area contributed by atoms with Gasteiger partial charge in [-0.15, -0.1) is 10.7 Å². The van der Waals surface area contributed by atoms with Crippen molar-refractivity contribution in [3.8, 4) is 5.75 Å². The van der Waals surface area contributed by atoms with Crippen molar-refractivity contribution in [3.63, 3.8) is 0 Å². The van der Waals surface area contributed by atoms with Crippen LogP contribution in [0.3, 0.4) is 0 Å². The van der Waals surface area contributed by atoms with Gasteiger partial charge in [-0.25, -0.2) is 0 Å². The number of rotatable bonds is 3. The molecule has 0 bridgehead atoms. The minimum absolute atomic E-state index is 0.640. The molecule has 0 aromatic heterocycles. The van der Waals surface area contributed by atoms with Gasteiger partial charge < -0.3 is 10.6 Å². The number of nitrogens with two attached hydrogens (primary N) is 1. The van der Waals surface area contributed by atoms with Crippen molar-refractivity contribution in [3.05, 3.63) is 77.9 Å². The van der Waals surface area contributed by atoms with E-state index in [9.17, 15) is 0 Å². The smallest absolute Gasteiger partial charge is 0.166 e. The number of hydrazone groups is 1. The van der Waals surface area contributed by atoms with Crippen LogP contribution in [0.2, 0.25) is 0 Å². The minimum atomic E-state index is 0.640.